The predicted molar refractivity (Wildman–Crippen MR) is 79.4 cm³/mol. The average Bonchev–Trinajstić information content (AvgIpc) is 2.84. The Morgan fingerprint density at radius 1 is 1.20 bits per heavy atom. The van der Waals surface area contributed by atoms with Crippen LogP contribution in [0, 0.1) is 0 Å². The second-order valence-corrected chi connectivity index (χ2v) is 6.55. The van der Waals surface area contributed by atoms with E-state index in [9.17, 15) is 0 Å². The molecule has 1 aromatic heterocycles. The summed E-state index contributed by atoms with van der Waals surface area (Å²) < 4.78 is 2.20. The van der Waals surface area contributed by atoms with Crippen molar-refractivity contribution in [3.63, 3.8) is 0 Å². The fourth-order valence-corrected chi connectivity index (χ4v) is 3.78. The van der Waals surface area contributed by atoms with Crippen molar-refractivity contribution in [1.82, 2.24) is 19.7 Å². The highest BCUT2D eigenvalue weighted by Gasteiger charge is 2.28. The topological polar surface area (TPSA) is 60.0 Å². The van der Waals surface area contributed by atoms with Gasteiger partial charge in [-0.3, -0.25) is 9.47 Å². The molecule has 1 fully saturated rings. The maximum atomic E-state index is 6.26. The molecule has 2 atom stereocenters. The number of aryl methyl sites for hydroxylation is 1. The number of hydrogen-bond donors (Lipinski definition) is 1. The zero-order valence-electron chi connectivity index (χ0n) is 12.8. The molecule has 5 heteroatoms. The molecular weight excluding hydrogens is 250 g/mol. The van der Waals surface area contributed by atoms with Crippen molar-refractivity contribution in [2.45, 2.75) is 77.0 Å². The predicted octanol–water partition coefficient (Wildman–Crippen LogP) is 1.88. The van der Waals surface area contributed by atoms with Crippen LogP contribution in [0.4, 0.5) is 0 Å². The first-order valence-electron chi connectivity index (χ1n) is 8.11. The van der Waals surface area contributed by atoms with Gasteiger partial charge in [-0.15, -0.1) is 10.2 Å². The molecule has 2 unspecified atom stereocenters. The normalized spacial score (nSPS) is 27.8. The monoisotopic (exact) mass is 277 g/mol. The first-order valence-corrected chi connectivity index (χ1v) is 8.11. The molecule has 0 spiro atoms. The Balaban J connectivity index is 1.78. The number of likely N-dealkylation sites (tertiary alicyclic amines) is 1. The van der Waals surface area contributed by atoms with E-state index in [0.717, 1.165) is 37.3 Å². The molecule has 1 saturated heterocycles. The number of nitrogens with zero attached hydrogens (tertiary/aromatic N) is 4. The summed E-state index contributed by atoms with van der Waals surface area (Å²) in [5.41, 5.74) is 6.26. The van der Waals surface area contributed by atoms with Crippen LogP contribution in [0.3, 0.4) is 0 Å². The lowest BCUT2D eigenvalue weighted by Gasteiger charge is -2.38. The molecule has 0 bridgehead atoms. The van der Waals surface area contributed by atoms with Gasteiger partial charge in [-0.2, -0.15) is 0 Å². The Hall–Kier alpha value is -0.940. The lowest BCUT2D eigenvalue weighted by atomic mass is 9.97. The summed E-state index contributed by atoms with van der Waals surface area (Å²) in [6.45, 7) is 5.81. The SMILES string of the molecule is CC(C)N1CCCCC1Cc1nnc2n1C(N)CCC2. The Kier molecular flexibility index (Phi) is 4.08. The van der Waals surface area contributed by atoms with E-state index in [1.807, 2.05) is 0 Å². The molecule has 112 valence electrons. The van der Waals surface area contributed by atoms with Crippen molar-refractivity contribution >= 4 is 0 Å². The van der Waals surface area contributed by atoms with Crippen molar-refractivity contribution in [1.29, 1.82) is 0 Å². The summed E-state index contributed by atoms with van der Waals surface area (Å²) in [6.07, 6.45) is 8.23. The van der Waals surface area contributed by atoms with Gasteiger partial charge in [0.05, 0.1) is 6.17 Å². The Labute approximate surface area is 121 Å². The summed E-state index contributed by atoms with van der Waals surface area (Å²) >= 11 is 0. The Morgan fingerprint density at radius 3 is 2.85 bits per heavy atom. The molecule has 1 aromatic rings. The fraction of sp³-hybridized carbons (Fsp3) is 0.867. The second kappa shape index (κ2) is 5.82. The van der Waals surface area contributed by atoms with Crippen LogP contribution >= 0.6 is 0 Å². The lowest BCUT2D eigenvalue weighted by Crippen LogP contribution is -2.45. The summed E-state index contributed by atoms with van der Waals surface area (Å²) in [5, 5.41) is 8.80. The minimum Gasteiger partial charge on any atom is -0.311 e. The Morgan fingerprint density at radius 2 is 2.05 bits per heavy atom. The average molecular weight is 277 g/mol. The molecule has 3 rings (SSSR count). The van der Waals surface area contributed by atoms with E-state index >= 15 is 0 Å². The van der Waals surface area contributed by atoms with Gasteiger partial charge in [0.2, 0.25) is 0 Å². The van der Waals surface area contributed by atoms with Gasteiger partial charge in [-0.05, 0) is 46.1 Å². The molecule has 20 heavy (non-hydrogen) atoms. The van der Waals surface area contributed by atoms with Crippen molar-refractivity contribution in [2.24, 2.45) is 5.73 Å². The largest absolute Gasteiger partial charge is 0.311 e. The molecule has 0 saturated carbocycles. The summed E-state index contributed by atoms with van der Waals surface area (Å²) in [4.78, 5) is 2.62. The highest BCUT2D eigenvalue weighted by molar-refractivity contribution is 5.04. The van der Waals surface area contributed by atoms with Crippen LogP contribution in [0.25, 0.3) is 0 Å². The van der Waals surface area contributed by atoms with Gasteiger partial charge in [0.25, 0.3) is 0 Å². The maximum Gasteiger partial charge on any atom is 0.135 e. The van der Waals surface area contributed by atoms with Crippen LogP contribution in [0.1, 0.15) is 63.8 Å². The third-order valence-corrected chi connectivity index (χ3v) is 4.82. The van der Waals surface area contributed by atoms with Crippen LogP contribution in [-0.4, -0.2) is 38.3 Å². The molecule has 2 N–H and O–H groups in total. The van der Waals surface area contributed by atoms with E-state index in [2.05, 4.69) is 33.5 Å². The van der Waals surface area contributed by atoms with Crippen LogP contribution in [-0.2, 0) is 12.8 Å². The van der Waals surface area contributed by atoms with Crippen LogP contribution in [0.5, 0.6) is 0 Å². The van der Waals surface area contributed by atoms with Gasteiger partial charge in [-0.1, -0.05) is 6.42 Å². The molecule has 0 aromatic carbocycles. The summed E-state index contributed by atoms with van der Waals surface area (Å²) in [7, 11) is 0. The quantitative estimate of drug-likeness (QED) is 0.916. The van der Waals surface area contributed by atoms with Crippen LogP contribution < -0.4 is 5.73 Å². The van der Waals surface area contributed by atoms with E-state index in [0.29, 0.717) is 12.1 Å². The van der Waals surface area contributed by atoms with E-state index in [1.165, 1.54) is 25.8 Å². The van der Waals surface area contributed by atoms with Gasteiger partial charge in [0.15, 0.2) is 0 Å². The molecule has 0 amide bonds. The molecule has 0 aliphatic carbocycles. The maximum absolute atomic E-state index is 6.26. The van der Waals surface area contributed by atoms with Crippen molar-refractivity contribution in [3.05, 3.63) is 11.6 Å². The fourth-order valence-electron chi connectivity index (χ4n) is 3.78. The smallest absolute Gasteiger partial charge is 0.135 e. The number of rotatable bonds is 3. The first-order chi connectivity index (χ1) is 9.66. The van der Waals surface area contributed by atoms with E-state index in [-0.39, 0.29) is 6.17 Å². The van der Waals surface area contributed by atoms with E-state index in [1.54, 1.807) is 0 Å². The lowest BCUT2D eigenvalue weighted by molar-refractivity contribution is 0.109. The van der Waals surface area contributed by atoms with Crippen molar-refractivity contribution in [3.8, 4) is 0 Å². The molecule has 2 aliphatic rings. The number of piperidine rings is 1. The molecule has 5 nitrogen and oxygen atoms in total. The van der Waals surface area contributed by atoms with Crippen molar-refractivity contribution < 1.29 is 0 Å². The zero-order chi connectivity index (χ0) is 14.1. The highest BCUT2D eigenvalue weighted by atomic mass is 15.3. The Bertz CT molecular complexity index is 453. The van der Waals surface area contributed by atoms with Gasteiger partial charge in [0, 0.05) is 24.9 Å². The number of fused-ring (bicyclic) bond motifs is 1. The third-order valence-electron chi connectivity index (χ3n) is 4.82. The summed E-state index contributed by atoms with van der Waals surface area (Å²) in [6, 6.07) is 1.21. The molecule has 3 heterocycles. The van der Waals surface area contributed by atoms with Gasteiger partial charge in [0.1, 0.15) is 11.6 Å². The molecule has 2 aliphatic heterocycles. The van der Waals surface area contributed by atoms with Gasteiger partial charge >= 0.3 is 0 Å². The minimum absolute atomic E-state index is 0.0832. The third kappa shape index (κ3) is 2.61. The molecular formula is C15H27N5. The highest BCUT2D eigenvalue weighted by Crippen LogP contribution is 2.26. The number of aromatic nitrogens is 3. The second-order valence-electron chi connectivity index (χ2n) is 6.55. The van der Waals surface area contributed by atoms with Gasteiger partial charge in [-0.25, -0.2) is 0 Å². The minimum atomic E-state index is 0.0832. The van der Waals surface area contributed by atoms with Crippen LogP contribution in [0.2, 0.25) is 0 Å². The van der Waals surface area contributed by atoms with E-state index < -0.39 is 0 Å². The molecule has 0 radical (unpaired) electrons. The number of hydrogen-bond acceptors (Lipinski definition) is 4. The number of nitrogens with two attached hydrogens (primary N) is 1. The first kappa shape index (κ1) is 14.0. The van der Waals surface area contributed by atoms with E-state index in [4.69, 9.17) is 5.73 Å². The van der Waals surface area contributed by atoms with Gasteiger partial charge < -0.3 is 5.73 Å². The standard InChI is InChI=1S/C15H27N5/c1-11(2)19-9-4-3-6-12(19)10-15-18-17-14-8-5-7-13(16)20(14)15/h11-13H,3-10,16H2,1-2H3. The van der Waals surface area contributed by atoms with Crippen molar-refractivity contribution in [2.75, 3.05) is 6.54 Å². The van der Waals surface area contributed by atoms with Crippen LogP contribution in [0.15, 0.2) is 0 Å². The zero-order valence-corrected chi connectivity index (χ0v) is 12.8. The summed E-state index contributed by atoms with van der Waals surface area (Å²) in [5.74, 6) is 2.19.